The standard InChI is InChI=1S/C17H22N2O/c1-12(13-7-3-2-4-8-13)19-16(18)11-14-9-5-6-10-15(14)17(19)20/h5-6,9-13H,2-4,7-8,18H2,1H3. The van der Waals surface area contributed by atoms with Gasteiger partial charge in [0.15, 0.2) is 0 Å². The summed E-state index contributed by atoms with van der Waals surface area (Å²) in [5, 5.41) is 1.70. The fourth-order valence-electron chi connectivity index (χ4n) is 3.54. The van der Waals surface area contributed by atoms with Crippen molar-refractivity contribution in [2.75, 3.05) is 5.73 Å². The number of hydrogen-bond donors (Lipinski definition) is 1. The number of pyridine rings is 1. The quantitative estimate of drug-likeness (QED) is 0.904. The molecule has 3 rings (SSSR count). The molecule has 2 N–H and O–H groups in total. The maximum atomic E-state index is 12.7. The van der Waals surface area contributed by atoms with Crippen LogP contribution in [0.1, 0.15) is 45.1 Å². The Morgan fingerprint density at radius 1 is 1.20 bits per heavy atom. The topological polar surface area (TPSA) is 48.0 Å². The first kappa shape index (κ1) is 13.2. The lowest BCUT2D eigenvalue weighted by molar-refractivity contribution is 0.263. The van der Waals surface area contributed by atoms with Crippen LogP contribution in [-0.4, -0.2) is 4.57 Å². The number of aromatic nitrogens is 1. The predicted octanol–water partition coefficient (Wildman–Crippen LogP) is 3.73. The zero-order chi connectivity index (χ0) is 14.1. The predicted molar refractivity (Wildman–Crippen MR) is 83.9 cm³/mol. The van der Waals surface area contributed by atoms with E-state index >= 15 is 0 Å². The van der Waals surface area contributed by atoms with E-state index in [0.717, 1.165) is 10.8 Å². The van der Waals surface area contributed by atoms with Gasteiger partial charge in [-0.25, -0.2) is 0 Å². The molecule has 0 saturated heterocycles. The van der Waals surface area contributed by atoms with Gasteiger partial charge in [0.25, 0.3) is 5.56 Å². The van der Waals surface area contributed by atoms with E-state index in [1.54, 1.807) is 4.57 Å². The highest BCUT2D eigenvalue weighted by molar-refractivity contribution is 5.83. The number of anilines is 1. The van der Waals surface area contributed by atoms with Gasteiger partial charge in [0.1, 0.15) is 5.82 Å². The van der Waals surface area contributed by atoms with Crippen LogP contribution in [-0.2, 0) is 0 Å². The highest BCUT2D eigenvalue weighted by Crippen LogP contribution is 2.33. The Balaban J connectivity index is 2.08. The van der Waals surface area contributed by atoms with Crippen molar-refractivity contribution in [3.8, 4) is 0 Å². The van der Waals surface area contributed by atoms with Crippen molar-refractivity contribution in [3.63, 3.8) is 0 Å². The molecule has 2 aromatic rings. The second-order valence-corrected chi connectivity index (χ2v) is 5.97. The molecule has 0 amide bonds. The van der Waals surface area contributed by atoms with E-state index in [9.17, 15) is 4.79 Å². The van der Waals surface area contributed by atoms with Gasteiger partial charge in [0, 0.05) is 11.4 Å². The second-order valence-electron chi connectivity index (χ2n) is 5.97. The summed E-state index contributed by atoms with van der Waals surface area (Å²) in [6, 6.07) is 9.80. The largest absolute Gasteiger partial charge is 0.385 e. The average molecular weight is 270 g/mol. The molecule has 1 unspecified atom stereocenters. The summed E-state index contributed by atoms with van der Waals surface area (Å²) in [6.45, 7) is 2.14. The lowest BCUT2D eigenvalue weighted by Crippen LogP contribution is -2.30. The van der Waals surface area contributed by atoms with Gasteiger partial charge in [0.2, 0.25) is 0 Å². The third-order valence-electron chi connectivity index (χ3n) is 4.73. The highest BCUT2D eigenvalue weighted by atomic mass is 16.1. The number of hydrogen-bond acceptors (Lipinski definition) is 2. The smallest absolute Gasteiger partial charge is 0.260 e. The Morgan fingerprint density at radius 2 is 1.90 bits per heavy atom. The van der Waals surface area contributed by atoms with Crippen molar-refractivity contribution in [1.29, 1.82) is 0 Å². The van der Waals surface area contributed by atoms with Gasteiger partial charge in [-0.2, -0.15) is 0 Å². The molecule has 1 fully saturated rings. The van der Waals surface area contributed by atoms with Crippen molar-refractivity contribution in [2.24, 2.45) is 5.92 Å². The van der Waals surface area contributed by atoms with Gasteiger partial charge in [-0.3, -0.25) is 9.36 Å². The average Bonchev–Trinajstić information content (AvgIpc) is 2.48. The molecular formula is C17H22N2O. The summed E-state index contributed by atoms with van der Waals surface area (Å²) in [5.41, 5.74) is 6.21. The van der Waals surface area contributed by atoms with E-state index in [0.29, 0.717) is 11.7 Å². The van der Waals surface area contributed by atoms with Crippen LogP contribution in [0, 0.1) is 5.92 Å². The summed E-state index contributed by atoms with van der Waals surface area (Å²) in [6.07, 6.45) is 6.29. The molecule has 0 aliphatic heterocycles. The van der Waals surface area contributed by atoms with Gasteiger partial charge in [-0.05, 0) is 43.2 Å². The van der Waals surface area contributed by atoms with Crippen LogP contribution in [0.15, 0.2) is 35.1 Å². The van der Waals surface area contributed by atoms with Crippen molar-refractivity contribution in [1.82, 2.24) is 4.57 Å². The molecule has 1 atom stereocenters. The molecule has 0 spiro atoms. The van der Waals surface area contributed by atoms with Gasteiger partial charge in [-0.1, -0.05) is 37.5 Å². The zero-order valence-corrected chi connectivity index (χ0v) is 12.0. The number of nitrogen functional groups attached to an aromatic ring is 1. The first-order chi connectivity index (χ1) is 9.68. The Kier molecular flexibility index (Phi) is 3.51. The SMILES string of the molecule is CC(C1CCCCC1)n1c(N)cc2ccccc2c1=O. The first-order valence-electron chi connectivity index (χ1n) is 7.58. The van der Waals surface area contributed by atoms with Crippen molar-refractivity contribution in [2.45, 2.75) is 45.1 Å². The first-order valence-corrected chi connectivity index (χ1v) is 7.58. The van der Waals surface area contributed by atoms with Gasteiger partial charge in [0.05, 0.1) is 0 Å². The molecule has 0 radical (unpaired) electrons. The van der Waals surface area contributed by atoms with Crippen LogP contribution >= 0.6 is 0 Å². The van der Waals surface area contributed by atoms with E-state index in [4.69, 9.17) is 5.73 Å². The van der Waals surface area contributed by atoms with E-state index < -0.39 is 0 Å². The molecule has 1 aromatic heterocycles. The van der Waals surface area contributed by atoms with E-state index in [-0.39, 0.29) is 11.6 Å². The second kappa shape index (κ2) is 5.31. The lowest BCUT2D eigenvalue weighted by atomic mass is 9.84. The fraction of sp³-hybridized carbons (Fsp3) is 0.471. The van der Waals surface area contributed by atoms with E-state index in [2.05, 4.69) is 6.92 Å². The molecule has 3 heteroatoms. The summed E-state index contributed by atoms with van der Waals surface area (Å²) in [5.74, 6) is 1.16. The molecule has 3 nitrogen and oxygen atoms in total. The van der Waals surface area contributed by atoms with Gasteiger partial charge in [-0.15, -0.1) is 0 Å². The Hall–Kier alpha value is -1.77. The molecule has 1 saturated carbocycles. The maximum absolute atomic E-state index is 12.7. The summed E-state index contributed by atoms with van der Waals surface area (Å²) < 4.78 is 1.80. The molecular weight excluding hydrogens is 248 g/mol. The molecule has 0 bridgehead atoms. The Labute approximate surface area is 119 Å². The highest BCUT2D eigenvalue weighted by Gasteiger charge is 2.23. The molecule has 1 aromatic carbocycles. The van der Waals surface area contributed by atoms with Crippen LogP contribution in [0.2, 0.25) is 0 Å². The van der Waals surface area contributed by atoms with Crippen molar-refractivity contribution < 1.29 is 0 Å². The van der Waals surface area contributed by atoms with Crippen molar-refractivity contribution >= 4 is 16.6 Å². The molecule has 1 heterocycles. The zero-order valence-electron chi connectivity index (χ0n) is 12.0. The van der Waals surface area contributed by atoms with Gasteiger partial charge < -0.3 is 5.73 Å². The number of rotatable bonds is 2. The van der Waals surface area contributed by atoms with Crippen LogP contribution in [0.3, 0.4) is 0 Å². The monoisotopic (exact) mass is 270 g/mol. The fourth-order valence-corrected chi connectivity index (χ4v) is 3.54. The van der Waals surface area contributed by atoms with Crippen LogP contribution in [0.4, 0.5) is 5.82 Å². The minimum atomic E-state index is 0.0543. The van der Waals surface area contributed by atoms with Gasteiger partial charge >= 0.3 is 0 Å². The minimum absolute atomic E-state index is 0.0543. The molecule has 20 heavy (non-hydrogen) atoms. The third kappa shape index (κ3) is 2.21. The van der Waals surface area contributed by atoms with E-state index in [1.165, 1.54) is 32.1 Å². The third-order valence-corrected chi connectivity index (χ3v) is 4.73. The van der Waals surface area contributed by atoms with Crippen LogP contribution in [0.5, 0.6) is 0 Å². The summed E-state index contributed by atoms with van der Waals surface area (Å²) in [4.78, 5) is 12.7. The normalized spacial score (nSPS) is 18.2. The van der Waals surface area contributed by atoms with E-state index in [1.807, 2.05) is 30.3 Å². The van der Waals surface area contributed by atoms with Crippen molar-refractivity contribution in [3.05, 3.63) is 40.7 Å². The molecule has 106 valence electrons. The summed E-state index contributed by atoms with van der Waals surface area (Å²) in [7, 11) is 0. The Morgan fingerprint density at radius 3 is 2.65 bits per heavy atom. The number of nitrogens with zero attached hydrogens (tertiary/aromatic N) is 1. The number of nitrogens with two attached hydrogens (primary N) is 1. The molecule has 1 aliphatic rings. The number of benzene rings is 1. The minimum Gasteiger partial charge on any atom is -0.385 e. The number of fused-ring (bicyclic) bond motifs is 1. The van der Waals surface area contributed by atoms with Crippen LogP contribution in [0.25, 0.3) is 10.8 Å². The lowest BCUT2D eigenvalue weighted by Gasteiger charge is -2.30. The molecule has 1 aliphatic carbocycles. The maximum Gasteiger partial charge on any atom is 0.260 e. The summed E-state index contributed by atoms with van der Waals surface area (Å²) >= 11 is 0. The van der Waals surface area contributed by atoms with Crippen LogP contribution < -0.4 is 11.3 Å². The Bertz CT molecular complexity index is 668.